The fourth-order valence-corrected chi connectivity index (χ4v) is 6.93. The van der Waals surface area contributed by atoms with E-state index in [1.807, 2.05) is 30.1 Å². The first kappa shape index (κ1) is 22.3. The van der Waals surface area contributed by atoms with E-state index in [9.17, 15) is 19.8 Å². The molecule has 0 bridgehead atoms. The van der Waals surface area contributed by atoms with E-state index >= 15 is 0 Å². The molecule has 2 aromatic rings. The maximum absolute atomic E-state index is 12.6. The van der Waals surface area contributed by atoms with Gasteiger partial charge in [-0.1, -0.05) is 30.0 Å². The summed E-state index contributed by atoms with van der Waals surface area (Å²) in [5.74, 6) is -2.56. The molecule has 0 radical (unpaired) electrons. The number of hydrogen-bond donors (Lipinski definition) is 2. The number of aliphatic hydroxyl groups is 1. The molecule has 5 atom stereocenters. The monoisotopic (exact) mass is 466 g/mol. The van der Waals surface area contributed by atoms with Crippen LogP contribution in [0.3, 0.4) is 0 Å². The second-order valence-corrected chi connectivity index (χ2v) is 9.81. The molecule has 0 saturated carbocycles. The number of aromatic nitrogens is 2. The minimum absolute atomic E-state index is 0.0786. The first-order chi connectivity index (χ1) is 14.7. The van der Waals surface area contributed by atoms with Crippen molar-refractivity contribution in [3.8, 4) is 0 Å². The summed E-state index contributed by atoms with van der Waals surface area (Å²) in [4.78, 5) is 27.6. The Balaban J connectivity index is 1.77. The number of rotatable bonds is 8. The molecule has 3 N–H and O–H groups in total. The number of carbonyl (C=O) groups is 2. The van der Waals surface area contributed by atoms with Crippen molar-refractivity contribution in [2.24, 2.45) is 17.6 Å². The first-order valence-electron chi connectivity index (χ1n) is 10.0. The van der Waals surface area contributed by atoms with Crippen molar-refractivity contribution >= 4 is 45.4 Å². The third-order valence-electron chi connectivity index (χ3n) is 6.23. The van der Waals surface area contributed by atoms with E-state index in [1.165, 1.54) is 16.2 Å². The molecule has 31 heavy (non-hydrogen) atoms. The zero-order valence-electron chi connectivity index (χ0n) is 17.8. The third-order valence-corrected chi connectivity index (χ3v) is 8.31. The van der Waals surface area contributed by atoms with E-state index < -0.39 is 18.0 Å². The third kappa shape index (κ3) is 3.30. The van der Waals surface area contributed by atoms with E-state index in [0.717, 1.165) is 14.7 Å². The van der Waals surface area contributed by atoms with Crippen LogP contribution in [-0.4, -0.2) is 64.6 Å². The van der Waals surface area contributed by atoms with Gasteiger partial charge < -0.3 is 30.4 Å². The quantitative estimate of drug-likeness (QED) is 0.299. The Morgan fingerprint density at radius 1 is 1.52 bits per heavy atom. The summed E-state index contributed by atoms with van der Waals surface area (Å²) in [6.07, 6.45) is 4.87. The molecule has 0 unspecified atom stereocenters. The van der Waals surface area contributed by atoms with Gasteiger partial charge in [0.25, 0.3) is 6.33 Å². The molecule has 2 aromatic heterocycles. The molecule has 1 saturated heterocycles. The molecule has 1 fully saturated rings. The number of aliphatic hydroxyl groups excluding tert-OH is 1. The number of thiazole rings is 1. The van der Waals surface area contributed by atoms with E-state index in [4.69, 9.17) is 10.5 Å². The Labute approximate surface area is 188 Å². The van der Waals surface area contributed by atoms with Crippen LogP contribution < -0.4 is 15.2 Å². The molecule has 2 aliphatic heterocycles. The number of fused-ring (bicyclic) bond motifs is 2. The molecule has 168 valence electrons. The van der Waals surface area contributed by atoms with Gasteiger partial charge in [0, 0.05) is 25.1 Å². The van der Waals surface area contributed by atoms with Crippen molar-refractivity contribution in [1.29, 1.82) is 0 Å². The number of aliphatic carboxylic acids is 1. The molecule has 0 aliphatic carbocycles. The number of β-lactam (4-membered cyclic amide) rings is 1. The lowest BCUT2D eigenvalue weighted by molar-refractivity contribution is -0.508. The summed E-state index contributed by atoms with van der Waals surface area (Å²) in [7, 11) is 1.63. The summed E-state index contributed by atoms with van der Waals surface area (Å²) >= 11 is 3.07. The van der Waals surface area contributed by atoms with E-state index in [-0.39, 0.29) is 29.7 Å². The predicted molar refractivity (Wildman–Crippen MR) is 114 cm³/mol. The highest BCUT2D eigenvalue weighted by atomic mass is 32.2. The van der Waals surface area contributed by atoms with Crippen LogP contribution in [0.4, 0.5) is 0 Å². The molecule has 9 nitrogen and oxygen atoms in total. The van der Waals surface area contributed by atoms with Crippen LogP contribution in [0.2, 0.25) is 0 Å². The Bertz CT molecular complexity index is 1070. The molecular formula is C20H26N4O5S2. The van der Waals surface area contributed by atoms with Gasteiger partial charge in [-0.2, -0.15) is 4.40 Å². The normalized spacial score (nSPS) is 25.2. The van der Waals surface area contributed by atoms with Crippen LogP contribution in [0.1, 0.15) is 18.7 Å². The summed E-state index contributed by atoms with van der Waals surface area (Å²) in [6, 6.07) is -0.367. The number of thioether (sulfide) groups is 1. The molecule has 1 amide bonds. The molecule has 4 rings (SSSR count). The zero-order valence-corrected chi connectivity index (χ0v) is 19.4. The fraction of sp³-hybridized carbons (Fsp3) is 0.550. The van der Waals surface area contributed by atoms with E-state index in [0.29, 0.717) is 18.7 Å². The Morgan fingerprint density at radius 3 is 2.77 bits per heavy atom. The van der Waals surface area contributed by atoms with Crippen LogP contribution in [0.5, 0.6) is 0 Å². The number of ether oxygens (including phenoxy) is 1. The number of imidazole rings is 1. The lowest BCUT2D eigenvalue weighted by Crippen LogP contribution is -2.64. The Kier molecular flexibility index (Phi) is 5.90. The average Bonchev–Trinajstić information content (AvgIpc) is 3.32. The van der Waals surface area contributed by atoms with Crippen LogP contribution in [-0.2, 0) is 20.9 Å². The Morgan fingerprint density at radius 2 is 2.23 bits per heavy atom. The lowest BCUT2D eigenvalue weighted by Gasteiger charge is -2.47. The van der Waals surface area contributed by atoms with Crippen molar-refractivity contribution in [2.45, 2.75) is 43.7 Å². The van der Waals surface area contributed by atoms with Crippen LogP contribution in [0.15, 0.2) is 23.2 Å². The second kappa shape index (κ2) is 8.21. The number of carbonyl (C=O) groups excluding carboxylic acids is 2. The van der Waals surface area contributed by atoms with Gasteiger partial charge in [0.2, 0.25) is 15.8 Å². The minimum Gasteiger partial charge on any atom is -0.543 e. The molecule has 0 aromatic carbocycles. The lowest BCUT2D eigenvalue weighted by atomic mass is 9.77. The van der Waals surface area contributed by atoms with E-state index in [2.05, 4.69) is 4.57 Å². The van der Waals surface area contributed by atoms with Gasteiger partial charge in [-0.15, -0.1) is 0 Å². The molecule has 4 heterocycles. The van der Waals surface area contributed by atoms with E-state index in [1.54, 1.807) is 25.8 Å². The van der Waals surface area contributed by atoms with Crippen molar-refractivity contribution in [1.82, 2.24) is 9.47 Å². The number of carboxylic acid groups (broad SMARTS) is 1. The highest BCUT2D eigenvalue weighted by Gasteiger charge is 2.59. The molecule has 2 aliphatic rings. The molecule has 0 spiro atoms. The Hall–Kier alpha value is -1.92. The topological polar surface area (TPSA) is 125 Å². The van der Waals surface area contributed by atoms with Gasteiger partial charge >= 0.3 is 0 Å². The number of carboxylic acids is 1. The van der Waals surface area contributed by atoms with Gasteiger partial charge in [-0.25, -0.2) is 4.57 Å². The van der Waals surface area contributed by atoms with Crippen LogP contribution in [0.25, 0.3) is 10.4 Å². The number of methoxy groups -OCH3 is 1. The summed E-state index contributed by atoms with van der Waals surface area (Å²) in [6.45, 7) is 4.48. The standard InChI is InChI=1S/C20H26N4O5S2/c1-9-13(16(20(27)28)24-15(9)14(10(2)25)17(24)26)12-7-23-8-22(6-11(5-21)29-3)18(30-4)19(23)31-12/h7-11,14-15,25H,5-6,21H2,1-4H3/t9-,10+,11+,14+,15+/m0/s1. The summed E-state index contributed by atoms with van der Waals surface area (Å²) < 4.78 is 9.45. The smallest absolute Gasteiger partial charge is 0.250 e. The maximum Gasteiger partial charge on any atom is 0.250 e. The van der Waals surface area contributed by atoms with Gasteiger partial charge in [0.05, 0.1) is 34.6 Å². The van der Waals surface area contributed by atoms with Crippen molar-refractivity contribution in [3.05, 3.63) is 23.1 Å². The fourth-order valence-electron chi connectivity index (χ4n) is 4.74. The van der Waals surface area contributed by atoms with Crippen molar-refractivity contribution in [3.63, 3.8) is 0 Å². The second-order valence-electron chi connectivity index (χ2n) is 7.98. The number of hydrogen-bond acceptors (Lipinski definition) is 8. The number of amides is 1. The first-order valence-corrected chi connectivity index (χ1v) is 12.1. The van der Waals surface area contributed by atoms with Crippen molar-refractivity contribution < 1.29 is 28.9 Å². The largest absolute Gasteiger partial charge is 0.543 e. The van der Waals surface area contributed by atoms with Gasteiger partial charge in [0.15, 0.2) is 0 Å². The SMILES string of the molecule is CO[C@H](CN)Cn1c[n+]2cc(C3=C(C(=O)[O-])N4C(=O)[C@H]([C@@H](C)O)[C@H]4[C@H]3C)sc2c1SC. The highest BCUT2D eigenvalue weighted by Crippen LogP contribution is 2.51. The van der Waals surface area contributed by atoms with Gasteiger partial charge in [-0.3, -0.25) is 4.79 Å². The summed E-state index contributed by atoms with van der Waals surface area (Å²) in [5, 5.41) is 23.0. The van der Waals surface area contributed by atoms with Gasteiger partial charge in [0.1, 0.15) is 18.8 Å². The maximum atomic E-state index is 12.6. The van der Waals surface area contributed by atoms with Crippen molar-refractivity contribution in [2.75, 3.05) is 19.9 Å². The average molecular weight is 467 g/mol. The van der Waals surface area contributed by atoms with Crippen LogP contribution in [0, 0.1) is 11.8 Å². The minimum atomic E-state index is -1.37. The number of nitrogens with two attached hydrogens (primary N) is 1. The van der Waals surface area contributed by atoms with Gasteiger partial charge in [-0.05, 0) is 13.2 Å². The summed E-state index contributed by atoms with van der Waals surface area (Å²) in [5.41, 5.74) is 6.28. The predicted octanol–water partition coefficient (Wildman–Crippen LogP) is -0.698. The zero-order chi connectivity index (χ0) is 22.6. The highest BCUT2D eigenvalue weighted by molar-refractivity contribution is 7.98. The molecular weight excluding hydrogens is 440 g/mol. The number of nitrogens with zero attached hydrogens (tertiary/aromatic N) is 3. The van der Waals surface area contributed by atoms with Crippen LogP contribution >= 0.6 is 23.1 Å². The molecule has 11 heteroatoms.